The first-order valence-electron chi connectivity index (χ1n) is 13.0. The van der Waals surface area contributed by atoms with Gasteiger partial charge in [-0.25, -0.2) is 0 Å². The summed E-state index contributed by atoms with van der Waals surface area (Å²) in [4.78, 5) is 0. The maximum atomic E-state index is 12.7. The van der Waals surface area contributed by atoms with Crippen LogP contribution in [0.3, 0.4) is 0 Å². The van der Waals surface area contributed by atoms with Crippen LogP contribution in [0.25, 0.3) is 0 Å². The lowest BCUT2D eigenvalue weighted by Crippen LogP contribution is -2.40. The van der Waals surface area contributed by atoms with E-state index in [0.29, 0.717) is 5.41 Å². The van der Waals surface area contributed by atoms with Gasteiger partial charge in [0.1, 0.15) is 0 Å². The molecule has 0 saturated heterocycles. The molecule has 0 radical (unpaired) electrons. The second kappa shape index (κ2) is 11.2. The van der Waals surface area contributed by atoms with Crippen LogP contribution in [0, 0.1) is 23.2 Å². The molecule has 0 aromatic heterocycles. The van der Waals surface area contributed by atoms with E-state index in [0.717, 1.165) is 36.2 Å². The molecular weight excluding hydrogens is 393 g/mol. The molecule has 1 unspecified atom stereocenters. The Morgan fingerprint density at radius 2 is 1.58 bits per heavy atom. The lowest BCUT2D eigenvalue weighted by atomic mass is 9.55. The number of hydrogen-bond acceptors (Lipinski definition) is 0. The monoisotopic (exact) mass is 436 g/mol. The third kappa shape index (κ3) is 6.51. The van der Waals surface area contributed by atoms with Gasteiger partial charge in [0.25, 0.3) is 0 Å². The van der Waals surface area contributed by atoms with Gasteiger partial charge in [0.05, 0.1) is 5.56 Å². The standard InChI is InChI=1S/C28H43F3/c1-3-9-22(2)27(20-7-4-8-21-27)25-16-12-23(13-17-25)10-5-6-11-24-14-18-26(19-15-24)28(29,30)31/h14-15,18-19,22-23,25H,3-13,16-17,20-21H2,1-2H3. The Morgan fingerprint density at radius 1 is 0.935 bits per heavy atom. The molecule has 3 rings (SSSR count). The third-order valence-corrected chi connectivity index (χ3v) is 8.76. The minimum atomic E-state index is -4.23. The van der Waals surface area contributed by atoms with Crippen molar-refractivity contribution >= 4 is 0 Å². The second-order valence-corrected chi connectivity index (χ2v) is 10.6. The summed E-state index contributed by atoms with van der Waals surface area (Å²) in [7, 11) is 0. The molecule has 3 heteroatoms. The van der Waals surface area contributed by atoms with E-state index >= 15 is 0 Å². The lowest BCUT2D eigenvalue weighted by molar-refractivity contribution is -0.137. The highest BCUT2D eigenvalue weighted by Crippen LogP contribution is 2.54. The summed E-state index contributed by atoms with van der Waals surface area (Å²) in [5.41, 5.74) is 1.11. The molecule has 1 aromatic rings. The first-order chi connectivity index (χ1) is 14.8. The van der Waals surface area contributed by atoms with E-state index in [9.17, 15) is 13.2 Å². The molecule has 1 atom stereocenters. The van der Waals surface area contributed by atoms with Crippen LogP contribution in [0.1, 0.15) is 115 Å². The molecule has 2 saturated carbocycles. The van der Waals surface area contributed by atoms with Crippen LogP contribution >= 0.6 is 0 Å². The number of aryl methyl sites for hydroxylation is 1. The van der Waals surface area contributed by atoms with Gasteiger partial charge in [-0.05, 0) is 79.4 Å². The van der Waals surface area contributed by atoms with E-state index in [1.54, 1.807) is 12.1 Å². The van der Waals surface area contributed by atoms with Gasteiger partial charge < -0.3 is 0 Å². The fraction of sp³-hybridized carbons (Fsp3) is 0.786. The molecular formula is C28H43F3. The van der Waals surface area contributed by atoms with Gasteiger partial charge in [-0.2, -0.15) is 13.2 Å². The van der Waals surface area contributed by atoms with Gasteiger partial charge in [0.2, 0.25) is 0 Å². The molecule has 176 valence electrons. The molecule has 0 N–H and O–H groups in total. The second-order valence-electron chi connectivity index (χ2n) is 10.6. The topological polar surface area (TPSA) is 0 Å². The van der Waals surface area contributed by atoms with Gasteiger partial charge in [-0.3, -0.25) is 0 Å². The van der Waals surface area contributed by atoms with Crippen molar-refractivity contribution in [1.29, 1.82) is 0 Å². The number of hydrogen-bond donors (Lipinski definition) is 0. The molecule has 1 aromatic carbocycles. The van der Waals surface area contributed by atoms with Crippen molar-refractivity contribution < 1.29 is 13.2 Å². The fourth-order valence-corrected chi connectivity index (χ4v) is 6.88. The molecule has 0 nitrogen and oxygen atoms in total. The zero-order chi connectivity index (χ0) is 22.3. The Morgan fingerprint density at radius 3 is 2.16 bits per heavy atom. The Hall–Kier alpha value is -0.990. The van der Waals surface area contributed by atoms with Gasteiger partial charge in [-0.1, -0.05) is 83.8 Å². The Kier molecular flexibility index (Phi) is 8.93. The molecule has 31 heavy (non-hydrogen) atoms. The number of benzene rings is 1. The average Bonchev–Trinajstić information content (AvgIpc) is 2.77. The third-order valence-electron chi connectivity index (χ3n) is 8.76. The SMILES string of the molecule is CCCC(C)C1(C2CCC(CCCCc3ccc(C(F)(F)F)cc3)CC2)CCCCC1. The Bertz CT molecular complexity index is 631. The van der Waals surface area contributed by atoms with Crippen molar-refractivity contribution in [3.63, 3.8) is 0 Å². The minimum Gasteiger partial charge on any atom is -0.166 e. The van der Waals surface area contributed by atoms with Crippen molar-refractivity contribution in [3.05, 3.63) is 35.4 Å². The quantitative estimate of drug-likeness (QED) is 0.338. The highest BCUT2D eigenvalue weighted by atomic mass is 19.4. The number of rotatable bonds is 9. The Balaban J connectivity index is 1.40. The lowest BCUT2D eigenvalue weighted by Gasteiger charge is -2.50. The van der Waals surface area contributed by atoms with E-state index in [-0.39, 0.29) is 0 Å². The van der Waals surface area contributed by atoms with E-state index < -0.39 is 11.7 Å². The molecule has 0 amide bonds. The molecule has 2 aliphatic carbocycles. The predicted octanol–water partition coefficient (Wildman–Crippen LogP) is 9.61. The van der Waals surface area contributed by atoms with Crippen LogP contribution in [0.4, 0.5) is 13.2 Å². The average molecular weight is 437 g/mol. The van der Waals surface area contributed by atoms with Gasteiger partial charge in [-0.15, -0.1) is 0 Å². The van der Waals surface area contributed by atoms with Gasteiger partial charge in [0, 0.05) is 0 Å². The molecule has 2 fully saturated rings. The van der Waals surface area contributed by atoms with E-state index in [1.165, 1.54) is 95.6 Å². The van der Waals surface area contributed by atoms with Crippen LogP contribution in [0.2, 0.25) is 0 Å². The zero-order valence-electron chi connectivity index (χ0n) is 19.8. The molecule has 0 heterocycles. The fourth-order valence-electron chi connectivity index (χ4n) is 6.88. The summed E-state index contributed by atoms with van der Waals surface area (Å²) in [6.45, 7) is 4.89. The summed E-state index contributed by atoms with van der Waals surface area (Å²) >= 11 is 0. The zero-order valence-corrected chi connectivity index (χ0v) is 19.8. The first-order valence-corrected chi connectivity index (χ1v) is 13.0. The first kappa shape index (κ1) is 24.6. The van der Waals surface area contributed by atoms with E-state index in [4.69, 9.17) is 0 Å². The summed E-state index contributed by atoms with van der Waals surface area (Å²) in [6, 6.07) is 5.73. The summed E-state index contributed by atoms with van der Waals surface area (Å²) in [6.07, 6.45) is 15.9. The highest BCUT2D eigenvalue weighted by molar-refractivity contribution is 5.24. The van der Waals surface area contributed by atoms with Crippen LogP contribution in [0.15, 0.2) is 24.3 Å². The van der Waals surface area contributed by atoms with Gasteiger partial charge >= 0.3 is 6.18 Å². The number of alkyl halides is 3. The van der Waals surface area contributed by atoms with Crippen molar-refractivity contribution in [2.75, 3.05) is 0 Å². The van der Waals surface area contributed by atoms with E-state index in [2.05, 4.69) is 13.8 Å². The summed E-state index contributed by atoms with van der Waals surface area (Å²) in [5, 5.41) is 0. The summed E-state index contributed by atoms with van der Waals surface area (Å²) in [5.74, 6) is 2.69. The maximum Gasteiger partial charge on any atom is 0.416 e. The smallest absolute Gasteiger partial charge is 0.166 e. The van der Waals surface area contributed by atoms with Gasteiger partial charge in [0.15, 0.2) is 0 Å². The predicted molar refractivity (Wildman–Crippen MR) is 124 cm³/mol. The van der Waals surface area contributed by atoms with Crippen molar-refractivity contribution in [1.82, 2.24) is 0 Å². The normalized spacial score (nSPS) is 25.3. The van der Waals surface area contributed by atoms with Crippen molar-refractivity contribution in [2.24, 2.45) is 23.2 Å². The van der Waals surface area contributed by atoms with E-state index in [1.807, 2.05) is 0 Å². The van der Waals surface area contributed by atoms with Crippen LogP contribution in [-0.4, -0.2) is 0 Å². The molecule has 2 aliphatic rings. The summed E-state index contributed by atoms with van der Waals surface area (Å²) < 4.78 is 38.1. The Labute approximate surface area is 188 Å². The van der Waals surface area contributed by atoms with Crippen LogP contribution in [-0.2, 0) is 12.6 Å². The number of halogens is 3. The highest BCUT2D eigenvalue weighted by Gasteiger charge is 2.44. The van der Waals surface area contributed by atoms with Crippen LogP contribution in [0.5, 0.6) is 0 Å². The molecule has 0 bridgehead atoms. The van der Waals surface area contributed by atoms with Crippen molar-refractivity contribution in [3.8, 4) is 0 Å². The minimum absolute atomic E-state index is 0.544. The molecule has 0 spiro atoms. The molecule has 0 aliphatic heterocycles. The maximum absolute atomic E-state index is 12.7. The largest absolute Gasteiger partial charge is 0.416 e. The van der Waals surface area contributed by atoms with Crippen LogP contribution < -0.4 is 0 Å². The van der Waals surface area contributed by atoms with Crippen molar-refractivity contribution in [2.45, 2.75) is 116 Å². The number of unbranched alkanes of at least 4 members (excludes halogenated alkanes) is 1.